The highest BCUT2D eigenvalue weighted by atomic mass is 16.5. The number of benzene rings is 1. The van der Waals surface area contributed by atoms with Crippen LogP contribution in [0.1, 0.15) is 82.0 Å². The van der Waals surface area contributed by atoms with Crippen LogP contribution in [0.2, 0.25) is 0 Å². The van der Waals surface area contributed by atoms with Gasteiger partial charge in [-0.15, -0.1) is 0 Å². The number of hydrogen-bond donors (Lipinski definition) is 1. The van der Waals surface area contributed by atoms with Crippen molar-refractivity contribution in [3.8, 4) is 5.75 Å². The lowest BCUT2D eigenvalue weighted by atomic mass is 10.0. The van der Waals surface area contributed by atoms with E-state index in [1.807, 2.05) is 6.07 Å². The normalized spacial score (nSPS) is 12.1. The van der Waals surface area contributed by atoms with Crippen molar-refractivity contribution in [2.45, 2.75) is 77.7 Å². The van der Waals surface area contributed by atoms with Crippen LogP contribution in [-0.4, -0.2) is 17.2 Å². The van der Waals surface area contributed by atoms with Crippen LogP contribution in [0.15, 0.2) is 24.3 Å². The summed E-state index contributed by atoms with van der Waals surface area (Å²) in [6.07, 6.45) is 11.0. The van der Waals surface area contributed by atoms with Gasteiger partial charge in [0, 0.05) is 0 Å². The minimum atomic E-state index is -0.929. The summed E-state index contributed by atoms with van der Waals surface area (Å²) in [5, 5.41) is 9.19. The van der Waals surface area contributed by atoms with E-state index in [-0.39, 0.29) is 11.7 Å². The first kappa shape index (κ1) is 18.5. The third kappa shape index (κ3) is 6.97. The molecule has 1 unspecified atom stereocenters. The Morgan fingerprint density at radius 2 is 1.68 bits per heavy atom. The summed E-state index contributed by atoms with van der Waals surface area (Å²) in [7, 11) is 0. The lowest BCUT2D eigenvalue weighted by molar-refractivity contribution is 0.0688. The van der Waals surface area contributed by atoms with Crippen LogP contribution in [0.25, 0.3) is 0 Å². The third-order valence-corrected chi connectivity index (χ3v) is 4.00. The van der Waals surface area contributed by atoms with E-state index in [1.54, 1.807) is 18.2 Å². The number of carboxylic acid groups (broad SMARTS) is 1. The zero-order chi connectivity index (χ0) is 16.2. The smallest absolute Gasteiger partial charge is 0.339 e. The zero-order valence-electron chi connectivity index (χ0n) is 14.0. The highest BCUT2D eigenvalue weighted by molar-refractivity contribution is 5.90. The molecule has 22 heavy (non-hydrogen) atoms. The van der Waals surface area contributed by atoms with Crippen LogP contribution in [0, 0.1) is 0 Å². The fraction of sp³-hybridized carbons (Fsp3) is 0.632. The Morgan fingerprint density at radius 1 is 1.05 bits per heavy atom. The van der Waals surface area contributed by atoms with E-state index < -0.39 is 5.97 Å². The van der Waals surface area contributed by atoms with Gasteiger partial charge < -0.3 is 9.84 Å². The molecule has 0 aliphatic heterocycles. The largest absolute Gasteiger partial charge is 0.490 e. The van der Waals surface area contributed by atoms with E-state index in [9.17, 15) is 9.90 Å². The summed E-state index contributed by atoms with van der Waals surface area (Å²) in [6, 6.07) is 6.89. The summed E-state index contributed by atoms with van der Waals surface area (Å²) >= 11 is 0. The Morgan fingerprint density at radius 3 is 2.32 bits per heavy atom. The van der Waals surface area contributed by atoms with Gasteiger partial charge in [-0.1, -0.05) is 64.5 Å². The Labute approximate surface area is 134 Å². The molecule has 0 aromatic heterocycles. The first-order valence-corrected chi connectivity index (χ1v) is 8.68. The maximum absolute atomic E-state index is 11.2. The molecule has 0 radical (unpaired) electrons. The molecule has 0 amide bonds. The summed E-state index contributed by atoms with van der Waals surface area (Å²) in [5.41, 5.74) is 0.250. The van der Waals surface area contributed by atoms with Crippen molar-refractivity contribution in [1.29, 1.82) is 0 Å². The molecule has 0 fully saturated rings. The fourth-order valence-corrected chi connectivity index (χ4v) is 2.60. The van der Waals surface area contributed by atoms with E-state index >= 15 is 0 Å². The molecule has 3 heteroatoms. The van der Waals surface area contributed by atoms with Crippen molar-refractivity contribution >= 4 is 5.97 Å². The van der Waals surface area contributed by atoms with Crippen molar-refractivity contribution in [3.05, 3.63) is 29.8 Å². The lowest BCUT2D eigenvalue weighted by Crippen LogP contribution is -2.17. The maximum atomic E-state index is 11.2. The molecule has 1 aromatic rings. The second-order valence-electron chi connectivity index (χ2n) is 5.86. The molecular weight excluding hydrogens is 276 g/mol. The second kappa shape index (κ2) is 11.1. The minimum Gasteiger partial charge on any atom is -0.490 e. The summed E-state index contributed by atoms with van der Waals surface area (Å²) < 4.78 is 5.92. The quantitative estimate of drug-likeness (QED) is 0.505. The Kier molecular flexibility index (Phi) is 9.36. The van der Waals surface area contributed by atoms with E-state index in [1.165, 1.54) is 38.5 Å². The standard InChI is InChI=1S/C19H30O3/c1-3-5-6-7-8-9-10-13-16(4-2)22-18-15-12-11-14-17(18)19(20)21/h11-12,14-16H,3-10,13H2,1-2H3,(H,20,21). The number of para-hydroxylation sites is 1. The highest BCUT2D eigenvalue weighted by Crippen LogP contribution is 2.22. The summed E-state index contributed by atoms with van der Waals surface area (Å²) in [5.74, 6) is -0.439. The molecule has 0 saturated carbocycles. The van der Waals surface area contributed by atoms with Crippen molar-refractivity contribution in [1.82, 2.24) is 0 Å². The SMILES string of the molecule is CCCCCCCCCC(CC)Oc1ccccc1C(=O)O. The first-order valence-electron chi connectivity index (χ1n) is 8.68. The van der Waals surface area contributed by atoms with Gasteiger partial charge in [-0.3, -0.25) is 0 Å². The minimum absolute atomic E-state index is 0.108. The molecule has 124 valence electrons. The predicted molar refractivity (Wildman–Crippen MR) is 90.7 cm³/mol. The monoisotopic (exact) mass is 306 g/mol. The fourth-order valence-electron chi connectivity index (χ4n) is 2.60. The molecule has 1 aromatic carbocycles. The maximum Gasteiger partial charge on any atom is 0.339 e. The van der Waals surface area contributed by atoms with Crippen LogP contribution in [-0.2, 0) is 0 Å². The number of aromatic carboxylic acids is 1. The highest BCUT2D eigenvalue weighted by Gasteiger charge is 2.14. The van der Waals surface area contributed by atoms with Crippen LogP contribution in [0.4, 0.5) is 0 Å². The molecule has 0 spiro atoms. The van der Waals surface area contributed by atoms with Gasteiger partial charge in [-0.25, -0.2) is 4.79 Å². The Bertz CT molecular complexity index is 428. The van der Waals surface area contributed by atoms with Crippen molar-refractivity contribution in [2.75, 3.05) is 0 Å². The molecule has 0 bridgehead atoms. The van der Waals surface area contributed by atoms with Gasteiger partial charge in [0.1, 0.15) is 11.3 Å². The van der Waals surface area contributed by atoms with E-state index in [4.69, 9.17) is 4.74 Å². The molecule has 0 saturated heterocycles. The zero-order valence-corrected chi connectivity index (χ0v) is 14.0. The molecule has 0 aliphatic carbocycles. The number of unbranched alkanes of at least 4 members (excludes halogenated alkanes) is 6. The molecule has 1 N–H and O–H groups in total. The van der Waals surface area contributed by atoms with Gasteiger partial charge >= 0.3 is 5.97 Å². The summed E-state index contributed by atoms with van der Waals surface area (Å²) in [4.78, 5) is 11.2. The van der Waals surface area contributed by atoms with Gasteiger partial charge in [0.2, 0.25) is 0 Å². The van der Waals surface area contributed by atoms with Gasteiger partial charge in [0.15, 0.2) is 0 Å². The molecule has 1 atom stereocenters. The molecule has 1 rings (SSSR count). The van der Waals surface area contributed by atoms with Gasteiger partial charge in [-0.2, -0.15) is 0 Å². The number of hydrogen-bond acceptors (Lipinski definition) is 2. The molecule has 3 nitrogen and oxygen atoms in total. The number of ether oxygens (including phenoxy) is 1. The Balaban J connectivity index is 2.35. The number of carboxylic acids is 1. The van der Waals surface area contributed by atoms with Crippen molar-refractivity contribution < 1.29 is 14.6 Å². The second-order valence-corrected chi connectivity index (χ2v) is 5.86. The first-order chi connectivity index (χ1) is 10.7. The average Bonchev–Trinajstić information content (AvgIpc) is 2.53. The van der Waals surface area contributed by atoms with Gasteiger partial charge in [-0.05, 0) is 31.4 Å². The van der Waals surface area contributed by atoms with E-state index in [2.05, 4.69) is 13.8 Å². The van der Waals surface area contributed by atoms with Crippen LogP contribution >= 0.6 is 0 Å². The number of rotatable bonds is 12. The molecule has 0 aliphatic rings. The molecular formula is C19H30O3. The predicted octanol–water partition coefficient (Wildman–Crippen LogP) is 5.68. The van der Waals surface area contributed by atoms with E-state index in [0.29, 0.717) is 5.75 Å². The van der Waals surface area contributed by atoms with Crippen LogP contribution in [0.5, 0.6) is 5.75 Å². The topological polar surface area (TPSA) is 46.5 Å². The lowest BCUT2D eigenvalue weighted by Gasteiger charge is -2.18. The van der Waals surface area contributed by atoms with Crippen molar-refractivity contribution in [3.63, 3.8) is 0 Å². The number of carbonyl (C=O) groups is 1. The molecule has 0 heterocycles. The van der Waals surface area contributed by atoms with E-state index in [0.717, 1.165) is 19.3 Å². The van der Waals surface area contributed by atoms with Gasteiger partial charge in [0.25, 0.3) is 0 Å². The third-order valence-electron chi connectivity index (χ3n) is 4.00. The Hall–Kier alpha value is -1.51. The van der Waals surface area contributed by atoms with Crippen molar-refractivity contribution in [2.24, 2.45) is 0 Å². The van der Waals surface area contributed by atoms with Gasteiger partial charge in [0.05, 0.1) is 6.10 Å². The average molecular weight is 306 g/mol. The van der Waals surface area contributed by atoms with Crippen LogP contribution < -0.4 is 4.74 Å². The van der Waals surface area contributed by atoms with Crippen LogP contribution in [0.3, 0.4) is 0 Å². The summed E-state index contributed by atoms with van der Waals surface area (Å²) in [6.45, 7) is 4.33.